The number of hydrogen-bond acceptors (Lipinski definition) is 1. The molecule has 36 heavy (non-hydrogen) atoms. The van der Waals surface area contributed by atoms with Crippen molar-refractivity contribution in [1.82, 2.24) is 9.55 Å². The quantitative estimate of drug-likeness (QED) is 0.133. The maximum Gasteiger partial charge on any atom is 0.0948 e. The van der Waals surface area contributed by atoms with Gasteiger partial charge in [-0.25, -0.2) is 4.98 Å². The molecule has 1 aromatic heterocycles. The van der Waals surface area contributed by atoms with E-state index in [-0.39, 0.29) is 0 Å². The van der Waals surface area contributed by atoms with Crippen LogP contribution in [0.1, 0.15) is 154 Å². The topological polar surface area (TPSA) is 17.8 Å². The van der Waals surface area contributed by atoms with Gasteiger partial charge >= 0.3 is 0 Å². The van der Waals surface area contributed by atoms with Crippen LogP contribution in [0.15, 0.2) is 49.1 Å². The Morgan fingerprint density at radius 2 is 1.11 bits per heavy atom. The number of nitrogens with zero attached hydrogens (tertiary/aromatic N) is 2. The van der Waals surface area contributed by atoms with E-state index < -0.39 is 0 Å². The van der Waals surface area contributed by atoms with Gasteiger partial charge in [-0.2, -0.15) is 0 Å². The zero-order valence-electron chi connectivity index (χ0n) is 24.0. The second-order valence-corrected chi connectivity index (χ2v) is 11.3. The number of rotatable bonds is 24. The lowest BCUT2D eigenvalue weighted by molar-refractivity contribution is 0.275. The lowest BCUT2D eigenvalue weighted by atomic mass is 9.84. The van der Waals surface area contributed by atoms with Crippen LogP contribution in [0.4, 0.5) is 0 Å². The second-order valence-electron chi connectivity index (χ2n) is 11.3. The Morgan fingerprint density at radius 1 is 0.611 bits per heavy atom. The summed E-state index contributed by atoms with van der Waals surface area (Å²) in [6.45, 7) is 4.61. The third-order valence-electron chi connectivity index (χ3n) is 8.07. The van der Waals surface area contributed by atoms with Gasteiger partial charge < -0.3 is 4.57 Å². The third kappa shape index (κ3) is 14.2. The highest BCUT2D eigenvalue weighted by molar-refractivity contribution is 5.15. The highest BCUT2D eigenvalue weighted by Crippen LogP contribution is 2.32. The Kier molecular flexibility index (Phi) is 18.3. The Bertz CT molecular complexity index is 693. The van der Waals surface area contributed by atoms with Crippen molar-refractivity contribution in [3.05, 3.63) is 54.6 Å². The lowest BCUT2D eigenvalue weighted by Gasteiger charge is -2.29. The summed E-state index contributed by atoms with van der Waals surface area (Å²) in [6, 6.07) is 11.8. The Hall–Kier alpha value is -1.57. The van der Waals surface area contributed by atoms with Crippen LogP contribution in [0.2, 0.25) is 0 Å². The van der Waals surface area contributed by atoms with E-state index in [0.717, 1.165) is 0 Å². The predicted octanol–water partition coefficient (Wildman–Crippen LogP) is 11.1. The molecule has 0 N–H and O–H groups in total. The van der Waals surface area contributed by atoms with Crippen molar-refractivity contribution in [2.75, 3.05) is 0 Å². The van der Waals surface area contributed by atoms with Crippen molar-refractivity contribution in [1.29, 1.82) is 0 Å². The maximum atomic E-state index is 4.44. The Balaban J connectivity index is 1.80. The summed E-state index contributed by atoms with van der Waals surface area (Å²) in [6.07, 6.45) is 35.4. The van der Waals surface area contributed by atoms with Crippen LogP contribution in [0.3, 0.4) is 0 Å². The van der Waals surface area contributed by atoms with Gasteiger partial charge in [-0.15, -0.1) is 0 Å². The first-order chi connectivity index (χ1) is 17.8. The van der Waals surface area contributed by atoms with Gasteiger partial charge in [0, 0.05) is 18.4 Å². The molecule has 0 saturated carbocycles. The molecule has 2 rings (SSSR count). The molecule has 0 fully saturated rings. The molecular formula is C34H58N2. The molecule has 1 aromatic carbocycles. The number of hydrogen-bond donors (Lipinski definition) is 0. The standard InChI is InChI=1S/C34H58N2/c1-3-5-7-9-11-12-13-14-16-18-23-27-34(36-29-28-35-31-36)33(30-32-24-20-19-21-25-32)26-22-17-15-10-8-6-4-2/h19-21,24-25,28-29,31,33-34H,3-18,22-23,26-27,30H2,1-2H3. The zero-order valence-corrected chi connectivity index (χ0v) is 24.0. The van der Waals surface area contributed by atoms with E-state index in [2.05, 4.69) is 66.3 Å². The van der Waals surface area contributed by atoms with Crippen LogP contribution >= 0.6 is 0 Å². The summed E-state index contributed by atoms with van der Waals surface area (Å²) in [5.74, 6) is 0.695. The summed E-state index contributed by atoms with van der Waals surface area (Å²) in [4.78, 5) is 4.44. The minimum absolute atomic E-state index is 0.575. The van der Waals surface area contributed by atoms with Crippen molar-refractivity contribution >= 4 is 0 Å². The molecule has 2 aromatic rings. The van der Waals surface area contributed by atoms with Gasteiger partial charge in [-0.3, -0.25) is 0 Å². The van der Waals surface area contributed by atoms with Crippen LogP contribution in [0, 0.1) is 5.92 Å². The van der Waals surface area contributed by atoms with E-state index in [1.807, 2.05) is 6.20 Å². The Labute approximate surface area is 224 Å². The highest BCUT2D eigenvalue weighted by atomic mass is 15.1. The summed E-state index contributed by atoms with van der Waals surface area (Å²) < 4.78 is 2.44. The molecule has 2 atom stereocenters. The van der Waals surface area contributed by atoms with Crippen LogP contribution < -0.4 is 0 Å². The summed E-state index contributed by atoms with van der Waals surface area (Å²) in [5.41, 5.74) is 1.49. The molecule has 0 aliphatic heterocycles. The molecule has 0 bridgehead atoms. The largest absolute Gasteiger partial charge is 0.334 e. The molecular weight excluding hydrogens is 436 g/mol. The van der Waals surface area contributed by atoms with E-state index >= 15 is 0 Å². The third-order valence-corrected chi connectivity index (χ3v) is 8.07. The molecule has 2 nitrogen and oxygen atoms in total. The number of unbranched alkanes of at least 4 members (excludes halogenated alkanes) is 16. The maximum absolute atomic E-state index is 4.44. The molecule has 0 aliphatic carbocycles. The van der Waals surface area contributed by atoms with E-state index in [0.29, 0.717) is 12.0 Å². The minimum Gasteiger partial charge on any atom is -0.334 e. The normalized spacial score (nSPS) is 13.2. The Morgan fingerprint density at radius 3 is 1.61 bits per heavy atom. The minimum atomic E-state index is 0.575. The average molecular weight is 495 g/mol. The molecule has 0 radical (unpaired) electrons. The molecule has 0 spiro atoms. The molecule has 1 heterocycles. The lowest BCUT2D eigenvalue weighted by Crippen LogP contribution is -2.21. The predicted molar refractivity (Wildman–Crippen MR) is 159 cm³/mol. The first-order valence-electron chi connectivity index (χ1n) is 15.9. The van der Waals surface area contributed by atoms with Crippen molar-refractivity contribution in [3.63, 3.8) is 0 Å². The summed E-state index contributed by atoms with van der Waals surface area (Å²) in [7, 11) is 0. The summed E-state index contributed by atoms with van der Waals surface area (Å²) >= 11 is 0. The van der Waals surface area contributed by atoms with E-state index in [4.69, 9.17) is 0 Å². The molecule has 0 aliphatic rings. The number of aromatic nitrogens is 2. The van der Waals surface area contributed by atoms with Crippen LogP contribution in [-0.2, 0) is 6.42 Å². The van der Waals surface area contributed by atoms with Crippen molar-refractivity contribution < 1.29 is 0 Å². The fourth-order valence-corrected chi connectivity index (χ4v) is 5.82. The first kappa shape index (κ1) is 30.7. The van der Waals surface area contributed by atoms with Gasteiger partial charge in [0.1, 0.15) is 0 Å². The SMILES string of the molecule is CCCCCCCCCCCCCC(C(CCCCCCCCC)Cc1ccccc1)n1ccnc1. The van der Waals surface area contributed by atoms with Gasteiger partial charge in [0.2, 0.25) is 0 Å². The van der Waals surface area contributed by atoms with Gasteiger partial charge in [0.25, 0.3) is 0 Å². The van der Waals surface area contributed by atoms with Crippen LogP contribution in [0.5, 0.6) is 0 Å². The summed E-state index contributed by atoms with van der Waals surface area (Å²) in [5, 5.41) is 0. The van der Waals surface area contributed by atoms with Gasteiger partial charge in [-0.05, 0) is 30.7 Å². The van der Waals surface area contributed by atoms with Gasteiger partial charge in [0.15, 0.2) is 0 Å². The van der Waals surface area contributed by atoms with E-state index in [1.54, 1.807) is 0 Å². The number of imidazole rings is 1. The molecule has 204 valence electrons. The first-order valence-corrected chi connectivity index (χ1v) is 15.9. The van der Waals surface area contributed by atoms with Gasteiger partial charge in [-0.1, -0.05) is 160 Å². The van der Waals surface area contributed by atoms with E-state index in [9.17, 15) is 0 Å². The monoisotopic (exact) mass is 494 g/mol. The van der Waals surface area contributed by atoms with Crippen molar-refractivity contribution in [2.45, 2.75) is 155 Å². The van der Waals surface area contributed by atoms with Crippen LogP contribution in [-0.4, -0.2) is 9.55 Å². The fraction of sp³-hybridized carbons (Fsp3) is 0.735. The molecule has 2 unspecified atom stereocenters. The van der Waals surface area contributed by atoms with Crippen molar-refractivity contribution in [3.8, 4) is 0 Å². The molecule has 0 amide bonds. The smallest absolute Gasteiger partial charge is 0.0948 e. The number of benzene rings is 1. The van der Waals surface area contributed by atoms with Crippen molar-refractivity contribution in [2.24, 2.45) is 5.92 Å². The molecule has 0 saturated heterocycles. The van der Waals surface area contributed by atoms with Gasteiger partial charge in [0.05, 0.1) is 6.33 Å². The average Bonchev–Trinajstić information content (AvgIpc) is 3.44. The molecule has 2 heteroatoms. The van der Waals surface area contributed by atoms with E-state index in [1.165, 1.54) is 140 Å². The fourth-order valence-electron chi connectivity index (χ4n) is 5.82. The second kappa shape index (κ2) is 21.5. The highest BCUT2D eigenvalue weighted by Gasteiger charge is 2.23. The van der Waals surface area contributed by atoms with Crippen LogP contribution in [0.25, 0.3) is 0 Å². The zero-order chi connectivity index (χ0) is 25.5.